The number of hydrogen-bond donors (Lipinski definition) is 1. The minimum absolute atomic E-state index is 0.212. The molecule has 0 saturated carbocycles. The van der Waals surface area contributed by atoms with Crippen molar-refractivity contribution >= 4 is 5.97 Å². The van der Waals surface area contributed by atoms with Crippen LogP contribution >= 0.6 is 0 Å². The largest absolute Gasteiger partial charge is 0.481 e. The van der Waals surface area contributed by atoms with Crippen molar-refractivity contribution in [1.82, 2.24) is 4.90 Å². The fourth-order valence-electron chi connectivity index (χ4n) is 1.45. The third-order valence-corrected chi connectivity index (χ3v) is 2.38. The molecule has 0 amide bonds. The summed E-state index contributed by atoms with van der Waals surface area (Å²) in [6.07, 6.45) is 1.44. The lowest BCUT2D eigenvalue weighted by molar-refractivity contribution is -0.137. The summed E-state index contributed by atoms with van der Waals surface area (Å²) in [4.78, 5) is 12.7. The van der Waals surface area contributed by atoms with Gasteiger partial charge in [0.2, 0.25) is 0 Å². The number of nitrogens with zero attached hydrogens (tertiary/aromatic N) is 1. The van der Waals surface area contributed by atoms with E-state index < -0.39 is 5.97 Å². The van der Waals surface area contributed by atoms with Crippen molar-refractivity contribution in [2.45, 2.75) is 52.7 Å². The second-order valence-corrected chi connectivity index (χ2v) is 4.55. The predicted molar refractivity (Wildman–Crippen MR) is 64.7 cm³/mol. The average molecular weight is 231 g/mol. The molecular formula is C12H25NO3. The minimum Gasteiger partial charge on any atom is -0.481 e. The summed E-state index contributed by atoms with van der Waals surface area (Å²) in [7, 11) is 0. The summed E-state index contributed by atoms with van der Waals surface area (Å²) in [5, 5.41) is 8.64. The van der Waals surface area contributed by atoms with Crippen LogP contribution in [0.5, 0.6) is 0 Å². The Bertz CT molecular complexity index is 193. The van der Waals surface area contributed by atoms with Gasteiger partial charge >= 0.3 is 5.97 Å². The topological polar surface area (TPSA) is 49.8 Å². The first-order valence-corrected chi connectivity index (χ1v) is 6.01. The van der Waals surface area contributed by atoms with Crippen LogP contribution in [0.4, 0.5) is 0 Å². The van der Waals surface area contributed by atoms with E-state index in [1.807, 2.05) is 13.8 Å². The van der Waals surface area contributed by atoms with Gasteiger partial charge in [-0.05, 0) is 34.1 Å². The van der Waals surface area contributed by atoms with Gasteiger partial charge in [0.15, 0.2) is 0 Å². The molecule has 0 heterocycles. The number of carboxylic acid groups (broad SMARTS) is 1. The van der Waals surface area contributed by atoms with Crippen LogP contribution in [0.25, 0.3) is 0 Å². The van der Waals surface area contributed by atoms with Gasteiger partial charge in [0.1, 0.15) is 0 Å². The van der Waals surface area contributed by atoms with Crippen molar-refractivity contribution in [3.8, 4) is 0 Å². The third-order valence-electron chi connectivity index (χ3n) is 2.38. The van der Waals surface area contributed by atoms with Crippen molar-refractivity contribution in [2.75, 3.05) is 19.7 Å². The predicted octanol–water partition coefficient (Wildman–Crippen LogP) is 1.99. The van der Waals surface area contributed by atoms with Crippen molar-refractivity contribution in [3.63, 3.8) is 0 Å². The fraction of sp³-hybridized carbons (Fsp3) is 0.917. The molecule has 0 bridgehead atoms. The van der Waals surface area contributed by atoms with Gasteiger partial charge in [0.25, 0.3) is 0 Å². The first-order chi connectivity index (χ1) is 7.43. The smallest absolute Gasteiger partial charge is 0.304 e. The number of rotatable bonds is 9. The van der Waals surface area contributed by atoms with Crippen molar-refractivity contribution < 1.29 is 14.6 Å². The highest BCUT2D eigenvalue weighted by atomic mass is 16.5. The van der Waals surface area contributed by atoms with Gasteiger partial charge in [-0.1, -0.05) is 0 Å². The highest BCUT2D eigenvalue weighted by Crippen LogP contribution is 2.02. The van der Waals surface area contributed by atoms with Gasteiger partial charge in [-0.3, -0.25) is 4.79 Å². The maximum absolute atomic E-state index is 10.5. The lowest BCUT2D eigenvalue weighted by Crippen LogP contribution is -2.34. The number of carboxylic acids is 1. The van der Waals surface area contributed by atoms with Gasteiger partial charge in [0.05, 0.1) is 12.5 Å². The van der Waals surface area contributed by atoms with E-state index in [0.717, 1.165) is 19.6 Å². The number of aliphatic carboxylic acids is 1. The Kier molecular flexibility index (Phi) is 8.21. The van der Waals surface area contributed by atoms with Crippen LogP contribution in [0.1, 0.15) is 40.5 Å². The molecule has 0 rings (SSSR count). The molecule has 1 N–H and O–H groups in total. The monoisotopic (exact) mass is 231 g/mol. The number of hydrogen-bond acceptors (Lipinski definition) is 3. The molecule has 0 radical (unpaired) electrons. The molecule has 0 unspecified atom stereocenters. The lowest BCUT2D eigenvalue weighted by Gasteiger charge is -2.25. The van der Waals surface area contributed by atoms with Crippen LogP contribution in [0.15, 0.2) is 0 Å². The van der Waals surface area contributed by atoms with E-state index >= 15 is 0 Å². The number of ether oxygens (including phenoxy) is 1. The normalized spacial score (nSPS) is 11.7. The van der Waals surface area contributed by atoms with E-state index in [1.165, 1.54) is 0 Å². The molecule has 0 aromatic rings. The molecule has 0 fully saturated rings. The maximum Gasteiger partial charge on any atom is 0.304 e. The van der Waals surface area contributed by atoms with E-state index in [2.05, 4.69) is 18.7 Å². The van der Waals surface area contributed by atoms with E-state index in [0.29, 0.717) is 12.6 Å². The highest BCUT2D eigenvalue weighted by molar-refractivity contribution is 5.66. The van der Waals surface area contributed by atoms with E-state index in [9.17, 15) is 4.79 Å². The molecule has 0 aliphatic rings. The minimum atomic E-state index is -0.732. The second kappa shape index (κ2) is 8.53. The Hall–Kier alpha value is -0.610. The molecule has 4 heteroatoms. The van der Waals surface area contributed by atoms with Gasteiger partial charge < -0.3 is 14.7 Å². The molecule has 4 nitrogen and oxygen atoms in total. The van der Waals surface area contributed by atoms with Crippen molar-refractivity contribution in [3.05, 3.63) is 0 Å². The van der Waals surface area contributed by atoms with Crippen LogP contribution in [0, 0.1) is 0 Å². The molecule has 0 saturated heterocycles. The molecule has 0 aliphatic carbocycles. The summed E-state index contributed by atoms with van der Waals surface area (Å²) >= 11 is 0. The summed E-state index contributed by atoms with van der Waals surface area (Å²) < 4.78 is 5.45. The van der Waals surface area contributed by atoms with Crippen LogP contribution in [-0.4, -0.2) is 47.8 Å². The van der Waals surface area contributed by atoms with E-state index in [1.54, 1.807) is 0 Å². The molecule has 96 valence electrons. The molecule has 0 atom stereocenters. The molecule has 0 spiro atoms. The zero-order valence-electron chi connectivity index (χ0n) is 10.9. The second-order valence-electron chi connectivity index (χ2n) is 4.55. The standard InChI is InChI=1S/C12H25NO3/c1-10(2)13(8-6-12(14)15)7-5-9-16-11(3)4/h10-11H,5-9H2,1-4H3,(H,14,15). The lowest BCUT2D eigenvalue weighted by atomic mass is 10.2. The fourth-order valence-corrected chi connectivity index (χ4v) is 1.45. The zero-order chi connectivity index (χ0) is 12.6. The van der Waals surface area contributed by atoms with Crippen LogP contribution < -0.4 is 0 Å². The summed E-state index contributed by atoms with van der Waals surface area (Å²) in [5.74, 6) is -0.732. The van der Waals surface area contributed by atoms with Crippen molar-refractivity contribution in [2.24, 2.45) is 0 Å². The van der Waals surface area contributed by atoms with Crippen LogP contribution in [0.2, 0.25) is 0 Å². The average Bonchev–Trinajstić information content (AvgIpc) is 2.15. The Labute approximate surface area is 98.6 Å². The summed E-state index contributed by atoms with van der Waals surface area (Å²) in [6, 6.07) is 0.387. The van der Waals surface area contributed by atoms with Crippen molar-refractivity contribution in [1.29, 1.82) is 0 Å². The summed E-state index contributed by atoms with van der Waals surface area (Å²) in [6.45, 7) is 10.5. The zero-order valence-corrected chi connectivity index (χ0v) is 10.9. The summed E-state index contributed by atoms with van der Waals surface area (Å²) in [5.41, 5.74) is 0. The van der Waals surface area contributed by atoms with E-state index in [-0.39, 0.29) is 12.5 Å². The Morgan fingerprint density at radius 2 is 1.88 bits per heavy atom. The highest BCUT2D eigenvalue weighted by Gasteiger charge is 2.10. The first kappa shape index (κ1) is 15.4. The Balaban J connectivity index is 3.72. The van der Waals surface area contributed by atoms with Gasteiger partial charge in [-0.15, -0.1) is 0 Å². The quantitative estimate of drug-likeness (QED) is 0.616. The molecule has 0 aromatic heterocycles. The van der Waals surface area contributed by atoms with E-state index in [4.69, 9.17) is 9.84 Å². The number of carbonyl (C=O) groups is 1. The van der Waals surface area contributed by atoms with Crippen LogP contribution in [0.3, 0.4) is 0 Å². The molecule has 0 aromatic carbocycles. The van der Waals surface area contributed by atoms with Gasteiger partial charge in [0, 0.05) is 25.7 Å². The van der Waals surface area contributed by atoms with Crippen LogP contribution in [-0.2, 0) is 9.53 Å². The maximum atomic E-state index is 10.5. The first-order valence-electron chi connectivity index (χ1n) is 6.01. The molecule has 0 aliphatic heterocycles. The Morgan fingerprint density at radius 1 is 1.25 bits per heavy atom. The molecular weight excluding hydrogens is 206 g/mol. The third kappa shape index (κ3) is 8.68. The SMILES string of the molecule is CC(C)OCCCN(CCC(=O)O)C(C)C. The molecule has 16 heavy (non-hydrogen) atoms. The van der Waals surface area contributed by atoms with Gasteiger partial charge in [-0.25, -0.2) is 0 Å². The van der Waals surface area contributed by atoms with Gasteiger partial charge in [-0.2, -0.15) is 0 Å². The Morgan fingerprint density at radius 3 is 2.31 bits per heavy atom.